The van der Waals surface area contributed by atoms with E-state index in [2.05, 4.69) is 40.7 Å². The van der Waals surface area contributed by atoms with E-state index in [1.165, 1.54) is 56.9 Å². The van der Waals surface area contributed by atoms with Crippen molar-refractivity contribution < 1.29 is 23.8 Å². The fourth-order valence-corrected chi connectivity index (χ4v) is 10.2. The zero-order valence-corrected chi connectivity index (χ0v) is 29.8. The number of carbonyl (C=O) groups excluding carboxylic acids is 2. The molecule has 44 heavy (non-hydrogen) atoms. The summed E-state index contributed by atoms with van der Waals surface area (Å²) in [5.41, 5.74) is 1.66. The van der Waals surface area contributed by atoms with Gasteiger partial charge in [0.2, 0.25) is 0 Å². The maximum Gasteiger partial charge on any atom is 0.306 e. The first-order chi connectivity index (χ1) is 20.6. The lowest BCUT2D eigenvalue weighted by Gasteiger charge is -2.58. The predicted octanol–water partition coefficient (Wildman–Crippen LogP) is 9.86. The summed E-state index contributed by atoms with van der Waals surface area (Å²) < 4.78 is 17.2. The van der Waals surface area contributed by atoms with Gasteiger partial charge in [-0.3, -0.25) is 9.59 Å². The highest BCUT2D eigenvalue weighted by molar-refractivity contribution is 5.78. The Morgan fingerprint density at radius 2 is 1.66 bits per heavy atom. The first kappa shape index (κ1) is 35.5. The molecule has 0 amide bonds. The number of carbonyl (C=O) groups is 2. The van der Waals surface area contributed by atoms with Gasteiger partial charge in [-0.05, 0) is 119 Å². The highest BCUT2D eigenvalue weighted by Gasteiger charge is 2.59. The van der Waals surface area contributed by atoms with E-state index in [0.717, 1.165) is 54.8 Å². The topological polar surface area (TPSA) is 61.8 Å². The van der Waals surface area contributed by atoms with E-state index in [0.29, 0.717) is 18.4 Å². The third kappa shape index (κ3) is 8.31. The van der Waals surface area contributed by atoms with Gasteiger partial charge in [0.25, 0.3) is 0 Å². The van der Waals surface area contributed by atoms with Gasteiger partial charge in [0.05, 0.1) is 25.6 Å². The van der Waals surface area contributed by atoms with Crippen molar-refractivity contribution in [1.82, 2.24) is 0 Å². The Hall–Kier alpha value is -1.36. The fraction of sp³-hybridized carbons (Fsp3) is 0.897. The van der Waals surface area contributed by atoms with Gasteiger partial charge in [0.1, 0.15) is 11.7 Å². The fourth-order valence-electron chi connectivity index (χ4n) is 10.2. The molecule has 5 heteroatoms. The summed E-state index contributed by atoms with van der Waals surface area (Å²) in [6.45, 7) is 20.8. The van der Waals surface area contributed by atoms with Crippen LogP contribution in [0.15, 0.2) is 11.6 Å². The molecular formula is C39H66O5. The van der Waals surface area contributed by atoms with E-state index >= 15 is 0 Å². The quantitative estimate of drug-likeness (QED) is 0.144. The molecule has 252 valence electrons. The highest BCUT2D eigenvalue weighted by Crippen LogP contribution is 2.67. The second-order valence-electron chi connectivity index (χ2n) is 17.0. The SMILES string of the molecule is CC(C)CCCC(C)C1CCC2C3CC=C4CC(OC(=O)CCC(=O)OC(C)(C)CCOC(C)C)CCC4(C)C3CCC12C. The summed E-state index contributed by atoms with van der Waals surface area (Å²) in [7, 11) is 0. The molecule has 0 N–H and O–H groups in total. The molecule has 0 saturated heterocycles. The summed E-state index contributed by atoms with van der Waals surface area (Å²) in [5.74, 6) is 4.34. The maximum atomic E-state index is 12.8. The van der Waals surface area contributed by atoms with Crippen LogP contribution in [-0.4, -0.2) is 36.4 Å². The van der Waals surface area contributed by atoms with Crippen LogP contribution < -0.4 is 0 Å². The molecule has 0 bridgehead atoms. The van der Waals surface area contributed by atoms with Crippen molar-refractivity contribution in [3.8, 4) is 0 Å². The zero-order valence-electron chi connectivity index (χ0n) is 29.8. The standard InChI is InChI=1S/C39H66O5/c1-26(2)11-10-12-28(5)32-15-16-33-31-14-13-29-25-30(19-21-38(29,8)34(31)20-22-39(32,33)9)43-35(40)17-18-36(41)44-37(6,7)23-24-42-27(3)4/h13,26-28,30-34H,10-12,14-25H2,1-9H3. The van der Waals surface area contributed by atoms with Crippen LogP contribution in [0.4, 0.5) is 0 Å². The highest BCUT2D eigenvalue weighted by atomic mass is 16.6. The second kappa shape index (κ2) is 14.6. The maximum absolute atomic E-state index is 12.8. The second-order valence-corrected chi connectivity index (χ2v) is 17.0. The third-order valence-electron chi connectivity index (χ3n) is 12.6. The number of fused-ring (bicyclic) bond motifs is 5. The molecule has 4 aliphatic rings. The Balaban J connectivity index is 1.27. The zero-order chi connectivity index (χ0) is 32.3. The summed E-state index contributed by atoms with van der Waals surface area (Å²) in [5, 5.41) is 0. The van der Waals surface area contributed by atoms with E-state index in [4.69, 9.17) is 14.2 Å². The minimum absolute atomic E-state index is 0.0572. The van der Waals surface area contributed by atoms with Gasteiger partial charge in [0, 0.05) is 12.8 Å². The van der Waals surface area contributed by atoms with Crippen LogP contribution in [0, 0.1) is 46.3 Å². The van der Waals surface area contributed by atoms with Gasteiger partial charge in [-0.15, -0.1) is 0 Å². The predicted molar refractivity (Wildman–Crippen MR) is 178 cm³/mol. The van der Waals surface area contributed by atoms with E-state index in [1.807, 2.05) is 27.7 Å². The first-order valence-corrected chi connectivity index (χ1v) is 18.4. The molecule has 0 aromatic rings. The van der Waals surface area contributed by atoms with Crippen molar-refractivity contribution in [3.63, 3.8) is 0 Å². The van der Waals surface area contributed by atoms with Gasteiger partial charge in [-0.25, -0.2) is 0 Å². The molecule has 3 fully saturated rings. The van der Waals surface area contributed by atoms with Gasteiger partial charge in [-0.1, -0.05) is 65.5 Å². The molecule has 5 nitrogen and oxygen atoms in total. The van der Waals surface area contributed by atoms with Crippen molar-refractivity contribution in [2.45, 2.75) is 170 Å². The molecule has 8 unspecified atom stereocenters. The van der Waals surface area contributed by atoms with Crippen molar-refractivity contribution in [3.05, 3.63) is 11.6 Å². The van der Waals surface area contributed by atoms with E-state index in [1.54, 1.807) is 0 Å². The number of ether oxygens (including phenoxy) is 3. The van der Waals surface area contributed by atoms with Crippen LogP contribution in [0.1, 0.15) is 152 Å². The number of esters is 2. The van der Waals surface area contributed by atoms with Gasteiger partial charge in [-0.2, -0.15) is 0 Å². The molecule has 4 aliphatic carbocycles. The first-order valence-electron chi connectivity index (χ1n) is 18.4. The van der Waals surface area contributed by atoms with Gasteiger partial charge >= 0.3 is 11.9 Å². The molecule has 0 aromatic heterocycles. The molecule has 8 atom stereocenters. The Kier molecular flexibility index (Phi) is 11.8. The Morgan fingerprint density at radius 3 is 2.36 bits per heavy atom. The normalized spacial score (nSPS) is 34.2. The monoisotopic (exact) mass is 614 g/mol. The molecule has 4 rings (SSSR count). The Morgan fingerprint density at radius 1 is 0.932 bits per heavy atom. The lowest BCUT2D eigenvalue weighted by atomic mass is 9.47. The number of hydrogen-bond acceptors (Lipinski definition) is 5. The lowest BCUT2D eigenvalue weighted by molar-refractivity contribution is -0.162. The van der Waals surface area contributed by atoms with Gasteiger partial charge in [0.15, 0.2) is 0 Å². The molecule has 3 saturated carbocycles. The largest absolute Gasteiger partial charge is 0.462 e. The van der Waals surface area contributed by atoms with Crippen LogP contribution in [-0.2, 0) is 23.8 Å². The Bertz CT molecular complexity index is 1010. The smallest absolute Gasteiger partial charge is 0.306 e. The van der Waals surface area contributed by atoms with Gasteiger partial charge < -0.3 is 14.2 Å². The van der Waals surface area contributed by atoms with Crippen molar-refractivity contribution in [1.29, 1.82) is 0 Å². The van der Waals surface area contributed by atoms with Crippen LogP contribution in [0.3, 0.4) is 0 Å². The van der Waals surface area contributed by atoms with Crippen LogP contribution in [0.25, 0.3) is 0 Å². The summed E-state index contributed by atoms with van der Waals surface area (Å²) in [6, 6.07) is 0. The van der Waals surface area contributed by atoms with Crippen LogP contribution in [0.2, 0.25) is 0 Å². The third-order valence-corrected chi connectivity index (χ3v) is 12.6. The van der Waals surface area contributed by atoms with Crippen molar-refractivity contribution in [2.75, 3.05) is 6.61 Å². The lowest BCUT2D eigenvalue weighted by Crippen LogP contribution is -2.51. The van der Waals surface area contributed by atoms with E-state index in [-0.39, 0.29) is 42.4 Å². The van der Waals surface area contributed by atoms with E-state index in [9.17, 15) is 9.59 Å². The minimum atomic E-state index is -0.614. The van der Waals surface area contributed by atoms with Crippen LogP contribution in [0.5, 0.6) is 0 Å². The summed E-state index contributed by atoms with van der Waals surface area (Å²) in [6.07, 6.45) is 17.2. The average Bonchev–Trinajstić information content (AvgIpc) is 3.28. The molecule has 0 spiro atoms. The van der Waals surface area contributed by atoms with Crippen molar-refractivity contribution in [2.24, 2.45) is 46.3 Å². The molecule has 0 aliphatic heterocycles. The van der Waals surface area contributed by atoms with Crippen molar-refractivity contribution >= 4 is 11.9 Å². The number of allylic oxidation sites excluding steroid dienone is 1. The molecule has 0 heterocycles. The number of rotatable bonds is 14. The van der Waals surface area contributed by atoms with E-state index < -0.39 is 5.60 Å². The summed E-state index contributed by atoms with van der Waals surface area (Å²) >= 11 is 0. The molecular weight excluding hydrogens is 548 g/mol. The average molecular weight is 615 g/mol. The Labute approximate surface area is 270 Å². The summed E-state index contributed by atoms with van der Waals surface area (Å²) in [4.78, 5) is 25.2. The molecule has 0 radical (unpaired) electrons. The van der Waals surface area contributed by atoms with Crippen LogP contribution >= 0.6 is 0 Å². The minimum Gasteiger partial charge on any atom is -0.462 e. The molecule has 0 aromatic carbocycles. The number of hydrogen-bond donors (Lipinski definition) is 0.